The zero-order chi connectivity index (χ0) is 12.8. The molecular formula is C14H30N2O. The molecule has 0 bridgehead atoms. The highest BCUT2D eigenvalue weighted by Gasteiger charge is 2.28. The maximum absolute atomic E-state index is 5.55. The molecule has 3 unspecified atom stereocenters. The Kier molecular flexibility index (Phi) is 6.45. The largest absolute Gasteiger partial charge is 0.380 e. The topological polar surface area (TPSA) is 24.5 Å². The minimum atomic E-state index is 0.529. The molecule has 1 saturated heterocycles. The van der Waals surface area contributed by atoms with Crippen LogP contribution in [-0.4, -0.2) is 49.3 Å². The smallest absolute Gasteiger partial charge is 0.0619 e. The lowest BCUT2D eigenvalue weighted by molar-refractivity contribution is 0.0310. The maximum Gasteiger partial charge on any atom is 0.0619 e. The maximum atomic E-state index is 5.55. The first kappa shape index (κ1) is 14.9. The third-order valence-corrected chi connectivity index (χ3v) is 3.58. The van der Waals surface area contributed by atoms with Gasteiger partial charge in [-0.05, 0) is 33.1 Å². The highest BCUT2D eigenvalue weighted by Crippen LogP contribution is 2.15. The van der Waals surface area contributed by atoms with E-state index >= 15 is 0 Å². The van der Waals surface area contributed by atoms with E-state index in [0.717, 1.165) is 32.2 Å². The fraction of sp³-hybridized carbons (Fsp3) is 1.00. The third kappa shape index (κ3) is 4.94. The molecule has 0 saturated carbocycles. The lowest BCUT2D eigenvalue weighted by Gasteiger charge is -2.42. The molecule has 0 radical (unpaired) electrons. The van der Waals surface area contributed by atoms with E-state index in [-0.39, 0.29) is 0 Å². The second-order valence-electron chi connectivity index (χ2n) is 5.79. The first-order valence-corrected chi connectivity index (χ1v) is 7.11. The van der Waals surface area contributed by atoms with Crippen LogP contribution in [0.3, 0.4) is 0 Å². The van der Waals surface area contributed by atoms with Gasteiger partial charge >= 0.3 is 0 Å². The van der Waals surface area contributed by atoms with Crippen LogP contribution in [0.15, 0.2) is 0 Å². The predicted octanol–water partition coefficient (Wildman–Crippen LogP) is 2.12. The summed E-state index contributed by atoms with van der Waals surface area (Å²) >= 11 is 0. The highest BCUT2D eigenvalue weighted by molar-refractivity contribution is 4.87. The molecule has 102 valence electrons. The van der Waals surface area contributed by atoms with Gasteiger partial charge in [0.25, 0.3) is 0 Å². The van der Waals surface area contributed by atoms with E-state index in [4.69, 9.17) is 4.74 Å². The lowest BCUT2D eigenvalue weighted by atomic mass is 9.99. The van der Waals surface area contributed by atoms with Gasteiger partial charge in [-0.1, -0.05) is 13.8 Å². The van der Waals surface area contributed by atoms with E-state index in [2.05, 4.69) is 44.8 Å². The molecule has 0 amide bonds. The van der Waals surface area contributed by atoms with Crippen molar-refractivity contribution in [2.75, 3.05) is 26.3 Å². The van der Waals surface area contributed by atoms with Crippen LogP contribution in [0.2, 0.25) is 0 Å². The Morgan fingerprint density at radius 3 is 2.65 bits per heavy atom. The first-order chi connectivity index (χ1) is 8.04. The fourth-order valence-electron chi connectivity index (χ4n) is 2.68. The van der Waals surface area contributed by atoms with E-state index < -0.39 is 0 Å². The molecule has 1 fully saturated rings. The molecular weight excluding hydrogens is 212 g/mol. The monoisotopic (exact) mass is 242 g/mol. The van der Waals surface area contributed by atoms with Crippen LogP contribution >= 0.6 is 0 Å². The van der Waals surface area contributed by atoms with E-state index in [0.29, 0.717) is 18.1 Å². The second kappa shape index (κ2) is 7.34. The van der Waals surface area contributed by atoms with Crippen LogP contribution in [0, 0.1) is 5.92 Å². The molecule has 0 aromatic carbocycles. The summed E-state index contributed by atoms with van der Waals surface area (Å²) in [5, 5.41) is 3.66. The van der Waals surface area contributed by atoms with Crippen molar-refractivity contribution in [3.63, 3.8) is 0 Å². The Morgan fingerprint density at radius 2 is 2.06 bits per heavy atom. The van der Waals surface area contributed by atoms with Crippen molar-refractivity contribution in [1.29, 1.82) is 0 Å². The molecule has 3 nitrogen and oxygen atoms in total. The Labute approximate surface area is 107 Å². The molecule has 1 rings (SSSR count). The fourth-order valence-corrected chi connectivity index (χ4v) is 2.68. The van der Waals surface area contributed by atoms with E-state index in [1.54, 1.807) is 0 Å². The van der Waals surface area contributed by atoms with Crippen LogP contribution < -0.4 is 5.32 Å². The average Bonchev–Trinajstić information content (AvgIpc) is 2.28. The molecule has 17 heavy (non-hydrogen) atoms. The molecule has 3 atom stereocenters. The molecule has 1 aliphatic rings. The molecule has 1 aliphatic heterocycles. The third-order valence-electron chi connectivity index (χ3n) is 3.58. The van der Waals surface area contributed by atoms with Gasteiger partial charge in [-0.15, -0.1) is 0 Å². The second-order valence-corrected chi connectivity index (χ2v) is 5.79. The van der Waals surface area contributed by atoms with Crippen LogP contribution in [0.25, 0.3) is 0 Å². The van der Waals surface area contributed by atoms with Crippen LogP contribution in [-0.2, 0) is 4.74 Å². The minimum Gasteiger partial charge on any atom is -0.380 e. The average molecular weight is 242 g/mol. The number of ether oxygens (including phenoxy) is 1. The summed E-state index contributed by atoms with van der Waals surface area (Å²) in [6.45, 7) is 15.2. The quantitative estimate of drug-likeness (QED) is 0.772. The van der Waals surface area contributed by atoms with Gasteiger partial charge in [-0.2, -0.15) is 0 Å². The highest BCUT2D eigenvalue weighted by atomic mass is 16.5. The molecule has 0 aliphatic carbocycles. The predicted molar refractivity (Wildman–Crippen MR) is 73.4 cm³/mol. The van der Waals surface area contributed by atoms with E-state index in [1.165, 1.54) is 6.42 Å². The summed E-state index contributed by atoms with van der Waals surface area (Å²) in [5.74, 6) is 0.768. The lowest BCUT2D eigenvalue weighted by Crippen LogP contribution is -2.58. The molecule has 1 N–H and O–H groups in total. The number of nitrogens with zero attached hydrogens (tertiary/aromatic N) is 1. The van der Waals surface area contributed by atoms with Gasteiger partial charge in [0.15, 0.2) is 0 Å². The van der Waals surface area contributed by atoms with Gasteiger partial charge in [0.05, 0.1) is 6.61 Å². The van der Waals surface area contributed by atoms with Gasteiger partial charge < -0.3 is 10.1 Å². The minimum absolute atomic E-state index is 0.529. The first-order valence-electron chi connectivity index (χ1n) is 7.11. The molecule has 0 aromatic rings. The zero-order valence-corrected chi connectivity index (χ0v) is 12.2. The number of piperazine rings is 1. The molecule has 0 aromatic heterocycles. The van der Waals surface area contributed by atoms with Crippen LogP contribution in [0.5, 0.6) is 0 Å². The number of hydrogen-bond donors (Lipinski definition) is 1. The number of nitrogens with one attached hydrogen (secondary N) is 1. The Balaban J connectivity index is 2.44. The zero-order valence-electron chi connectivity index (χ0n) is 12.2. The summed E-state index contributed by atoms with van der Waals surface area (Å²) in [5.41, 5.74) is 0. The summed E-state index contributed by atoms with van der Waals surface area (Å²) in [6.07, 6.45) is 1.27. The van der Waals surface area contributed by atoms with E-state index in [1.807, 2.05) is 0 Å². The molecule has 3 heteroatoms. The molecule has 1 heterocycles. The molecule has 0 spiro atoms. The van der Waals surface area contributed by atoms with Gasteiger partial charge in [0.1, 0.15) is 0 Å². The number of hydrogen-bond acceptors (Lipinski definition) is 3. The Hall–Kier alpha value is -0.120. The van der Waals surface area contributed by atoms with Gasteiger partial charge in [-0.25, -0.2) is 0 Å². The summed E-state index contributed by atoms with van der Waals surface area (Å²) in [7, 11) is 0. The summed E-state index contributed by atoms with van der Waals surface area (Å²) < 4.78 is 5.55. The SMILES string of the molecule is CCOCC(C)N1CC(CC(C)C)NCC1C. The van der Waals surface area contributed by atoms with Gasteiger partial charge in [-0.3, -0.25) is 4.90 Å². The summed E-state index contributed by atoms with van der Waals surface area (Å²) in [4.78, 5) is 2.60. The van der Waals surface area contributed by atoms with Crippen molar-refractivity contribution in [2.45, 2.75) is 59.2 Å². The normalized spacial score (nSPS) is 28.6. The van der Waals surface area contributed by atoms with Crippen molar-refractivity contribution in [3.8, 4) is 0 Å². The van der Waals surface area contributed by atoms with E-state index in [9.17, 15) is 0 Å². The van der Waals surface area contributed by atoms with Crippen molar-refractivity contribution in [3.05, 3.63) is 0 Å². The Bertz CT molecular complexity index is 208. The van der Waals surface area contributed by atoms with Crippen molar-refractivity contribution < 1.29 is 4.74 Å². The van der Waals surface area contributed by atoms with Crippen molar-refractivity contribution in [2.24, 2.45) is 5.92 Å². The summed E-state index contributed by atoms with van der Waals surface area (Å²) in [6, 6.07) is 1.80. The van der Waals surface area contributed by atoms with Crippen LogP contribution in [0.1, 0.15) is 41.0 Å². The Morgan fingerprint density at radius 1 is 1.35 bits per heavy atom. The van der Waals surface area contributed by atoms with Gasteiger partial charge in [0.2, 0.25) is 0 Å². The van der Waals surface area contributed by atoms with Crippen molar-refractivity contribution >= 4 is 0 Å². The van der Waals surface area contributed by atoms with Gasteiger partial charge in [0, 0.05) is 37.8 Å². The van der Waals surface area contributed by atoms with Crippen LogP contribution in [0.4, 0.5) is 0 Å². The van der Waals surface area contributed by atoms with Crippen molar-refractivity contribution in [1.82, 2.24) is 10.2 Å². The standard InChI is InChI=1S/C14H30N2O/c1-6-17-10-13(5)16-9-14(7-11(2)3)15-8-12(16)4/h11-15H,6-10H2,1-5H3. The number of rotatable bonds is 6.